The van der Waals surface area contributed by atoms with E-state index in [1.807, 2.05) is 0 Å². The van der Waals surface area contributed by atoms with Crippen LogP contribution >= 0.6 is 11.6 Å². The molecule has 1 aromatic carbocycles. The van der Waals surface area contributed by atoms with Gasteiger partial charge in [-0.2, -0.15) is 10.4 Å². The highest BCUT2D eigenvalue weighted by atomic mass is 35.5. The molecule has 0 radical (unpaired) electrons. The van der Waals surface area contributed by atoms with Crippen LogP contribution in [0.4, 0.5) is 5.82 Å². The molecule has 7 heteroatoms. The van der Waals surface area contributed by atoms with Crippen LogP contribution in [0.3, 0.4) is 0 Å². The predicted molar refractivity (Wildman–Crippen MR) is 89.9 cm³/mol. The first-order valence-corrected chi connectivity index (χ1v) is 7.89. The molecule has 2 heterocycles. The molecule has 0 saturated heterocycles. The topological polar surface area (TPSA) is 83.6 Å². The second-order valence-electron chi connectivity index (χ2n) is 5.68. The molecule has 2 aromatic heterocycles. The molecule has 0 atom stereocenters. The van der Waals surface area contributed by atoms with Crippen molar-refractivity contribution in [2.75, 3.05) is 5.32 Å². The van der Waals surface area contributed by atoms with E-state index in [0.717, 1.165) is 12.8 Å². The van der Waals surface area contributed by atoms with Gasteiger partial charge in [0.1, 0.15) is 17.6 Å². The van der Waals surface area contributed by atoms with Gasteiger partial charge in [0.25, 0.3) is 0 Å². The number of pyridine rings is 1. The number of aromatic nitrogens is 3. The Morgan fingerprint density at radius 3 is 2.96 bits per heavy atom. The first kappa shape index (κ1) is 14.7. The minimum absolute atomic E-state index is 0.0155. The lowest BCUT2D eigenvalue weighted by Crippen LogP contribution is -2.14. The summed E-state index contributed by atoms with van der Waals surface area (Å²) in [4.78, 5) is 16.3. The van der Waals surface area contributed by atoms with Crippen LogP contribution in [-0.2, 0) is 4.79 Å². The number of amides is 1. The normalized spacial score (nSPS) is 13.7. The Hall–Kier alpha value is -2.91. The van der Waals surface area contributed by atoms with Crippen LogP contribution in [0.1, 0.15) is 18.4 Å². The van der Waals surface area contributed by atoms with Crippen molar-refractivity contribution in [1.82, 2.24) is 14.8 Å². The molecule has 118 valence electrons. The van der Waals surface area contributed by atoms with Crippen LogP contribution in [0.25, 0.3) is 16.6 Å². The number of nitrogens with zero attached hydrogens (tertiary/aromatic N) is 4. The molecule has 1 amide bonds. The number of para-hydroxylation sites is 1. The van der Waals surface area contributed by atoms with E-state index in [9.17, 15) is 10.1 Å². The number of nitriles is 1. The summed E-state index contributed by atoms with van der Waals surface area (Å²) in [5, 5.41) is 17.8. The van der Waals surface area contributed by atoms with Crippen molar-refractivity contribution in [3.63, 3.8) is 0 Å². The Kier molecular flexibility index (Phi) is 3.44. The molecular formula is C17H12ClN5O. The monoisotopic (exact) mass is 337 g/mol. The minimum atomic E-state index is -0.0155. The third kappa shape index (κ3) is 2.49. The zero-order valence-corrected chi connectivity index (χ0v) is 13.3. The second kappa shape index (κ2) is 5.62. The van der Waals surface area contributed by atoms with E-state index in [0.29, 0.717) is 33.0 Å². The molecule has 24 heavy (non-hydrogen) atoms. The fraction of sp³-hybridized carbons (Fsp3) is 0.176. The van der Waals surface area contributed by atoms with E-state index in [-0.39, 0.29) is 11.8 Å². The van der Waals surface area contributed by atoms with Crippen molar-refractivity contribution in [2.45, 2.75) is 12.8 Å². The largest absolute Gasteiger partial charge is 0.310 e. The number of carbonyl (C=O) groups excluding carboxylic acids is 1. The van der Waals surface area contributed by atoms with Crippen molar-refractivity contribution < 1.29 is 4.79 Å². The molecular weight excluding hydrogens is 326 g/mol. The number of hydrogen-bond donors (Lipinski definition) is 1. The molecule has 0 bridgehead atoms. The Morgan fingerprint density at radius 2 is 2.21 bits per heavy atom. The SMILES string of the molecule is N#Cc1cccc(Cl)c1-n1cc2c(NC(=O)C3CC3)nccc2n1. The quantitative estimate of drug-likeness (QED) is 0.794. The fourth-order valence-corrected chi connectivity index (χ4v) is 2.82. The average molecular weight is 338 g/mol. The van der Waals surface area contributed by atoms with Gasteiger partial charge in [-0.1, -0.05) is 17.7 Å². The van der Waals surface area contributed by atoms with E-state index in [1.165, 1.54) is 0 Å². The lowest BCUT2D eigenvalue weighted by Gasteiger charge is -2.05. The summed E-state index contributed by atoms with van der Waals surface area (Å²) in [6.45, 7) is 0. The number of anilines is 1. The van der Waals surface area contributed by atoms with Gasteiger partial charge in [0, 0.05) is 18.3 Å². The molecule has 1 fully saturated rings. The Bertz CT molecular complexity index is 1000. The van der Waals surface area contributed by atoms with Gasteiger partial charge in [-0.25, -0.2) is 9.67 Å². The van der Waals surface area contributed by atoms with Gasteiger partial charge >= 0.3 is 0 Å². The minimum Gasteiger partial charge on any atom is -0.310 e. The van der Waals surface area contributed by atoms with Gasteiger partial charge in [0.05, 0.1) is 21.5 Å². The summed E-state index contributed by atoms with van der Waals surface area (Å²) < 4.78 is 1.56. The van der Waals surface area contributed by atoms with E-state index in [2.05, 4.69) is 21.5 Å². The molecule has 0 unspecified atom stereocenters. The van der Waals surface area contributed by atoms with Gasteiger partial charge in [-0.15, -0.1) is 0 Å². The summed E-state index contributed by atoms with van der Waals surface area (Å²) in [5.74, 6) is 0.547. The molecule has 1 aliphatic carbocycles. The predicted octanol–water partition coefficient (Wildman–Crippen LogP) is 3.29. The number of hydrogen-bond acceptors (Lipinski definition) is 4. The van der Waals surface area contributed by atoms with Gasteiger partial charge in [0.2, 0.25) is 5.91 Å². The van der Waals surface area contributed by atoms with Crippen molar-refractivity contribution in [3.8, 4) is 11.8 Å². The first-order valence-electron chi connectivity index (χ1n) is 7.51. The molecule has 6 nitrogen and oxygen atoms in total. The van der Waals surface area contributed by atoms with Crippen LogP contribution in [0, 0.1) is 17.2 Å². The van der Waals surface area contributed by atoms with E-state index in [4.69, 9.17) is 11.6 Å². The number of benzene rings is 1. The molecule has 1 saturated carbocycles. The van der Waals surface area contributed by atoms with Crippen LogP contribution < -0.4 is 5.32 Å². The highest BCUT2D eigenvalue weighted by Crippen LogP contribution is 2.31. The van der Waals surface area contributed by atoms with E-state index >= 15 is 0 Å². The maximum atomic E-state index is 12.0. The third-order valence-electron chi connectivity index (χ3n) is 3.96. The number of carbonyl (C=O) groups is 1. The summed E-state index contributed by atoms with van der Waals surface area (Å²) in [6, 6.07) is 8.98. The molecule has 0 aliphatic heterocycles. The number of rotatable bonds is 3. The maximum Gasteiger partial charge on any atom is 0.228 e. The number of fused-ring (bicyclic) bond motifs is 1. The lowest BCUT2D eigenvalue weighted by molar-refractivity contribution is -0.117. The van der Waals surface area contributed by atoms with Gasteiger partial charge in [-0.3, -0.25) is 4.79 Å². The van der Waals surface area contributed by atoms with E-state index < -0.39 is 0 Å². The zero-order chi connectivity index (χ0) is 16.7. The summed E-state index contributed by atoms with van der Waals surface area (Å²) in [7, 11) is 0. The summed E-state index contributed by atoms with van der Waals surface area (Å²) in [6.07, 6.45) is 5.17. The van der Waals surface area contributed by atoms with Crippen LogP contribution in [0.2, 0.25) is 5.02 Å². The Labute approximate surface area is 142 Å². The molecule has 0 spiro atoms. The fourth-order valence-electron chi connectivity index (χ4n) is 2.56. The smallest absolute Gasteiger partial charge is 0.228 e. The Morgan fingerprint density at radius 1 is 1.38 bits per heavy atom. The zero-order valence-electron chi connectivity index (χ0n) is 12.5. The molecule has 1 N–H and O–H groups in total. The molecule has 4 rings (SSSR count). The maximum absolute atomic E-state index is 12.0. The number of halogens is 1. The highest BCUT2D eigenvalue weighted by Gasteiger charge is 2.30. The van der Waals surface area contributed by atoms with Gasteiger partial charge in [-0.05, 0) is 31.0 Å². The van der Waals surface area contributed by atoms with Crippen LogP contribution in [0.15, 0.2) is 36.7 Å². The first-order chi connectivity index (χ1) is 11.7. The summed E-state index contributed by atoms with van der Waals surface area (Å²) in [5.41, 5.74) is 1.60. The van der Waals surface area contributed by atoms with Crippen LogP contribution in [0.5, 0.6) is 0 Å². The van der Waals surface area contributed by atoms with Gasteiger partial charge < -0.3 is 5.32 Å². The molecule has 3 aromatic rings. The highest BCUT2D eigenvalue weighted by molar-refractivity contribution is 6.32. The van der Waals surface area contributed by atoms with Crippen molar-refractivity contribution >= 4 is 34.2 Å². The van der Waals surface area contributed by atoms with Crippen LogP contribution in [-0.4, -0.2) is 20.7 Å². The lowest BCUT2D eigenvalue weighted by atomic mass is 10.2. The van der Waals surface area contributed by atoms with Crippen molar-refractivity contribution in [3.05, 3.63) is 47.2 Å². The number of nitrogens with one attached hydrogen (secondary N) is 1. The van der Waals surface area contributed by atoms with Crippen molar-refractivity contribution in [1.29, 1.82) is 5.26 Å². The van der Waals surface area contributed by atoms with Crippen molar-refractivity contribution in [2.24, 2.45) is 5.92 Å². The Balaban J connectivity index is 1.82. The molecule has 1 aliphatic rings. The summed E-state index contributed by atoms with van der Waals surface area (Å²) >= 11 is 6.25. The second-order valence-corrected chi connectivity index (χ2v) is 6.08. The average Bonchev–Trinajstić information content (AvgIpc) is 3.34. The van der Waals surface area contributed by atoms with E-state index in [1.54, 1.807) is 41.3 Å². The standard InChI is InChI=1S/C17H12ClN5O/c18-13-3-1-2-11(8-19)15(13)23-9-12-14(22-23)6-7-20-16(12)21-17(24)10-4-5-10/h1-3,6-7,9-10H,4-5H2,(H,20,21,24). The van der Waals surface area contributed by atoms with Gasteiger partial charge in [0.15, 0.2) is 0 Å². The third-order valence-corrected chi connectivity index (χ3v) is 4.27.